The number of anilines is 1. The average molecular weight is 220 g/mol. The Labute approximate surface area is 90.2 Å². The molecular formula is C9H8N4O3. The molecule has 0 aliphatic carbocycles. The third-order valence-electron chi connectivity index (χ3n) is 2.34. The number of hydrogen-bond acceptors (Lipinski definition) is 6. The Balaban J connectivity index is 2.60. The van der Waals surface area contributed by atoms with Crippen LogP contribution in [0.2, 0.25) is 0 Å². The van der Waals surface area contributed by atoms with Crippen molar-refractivity contribution in [2.45, 2.75) is 0 Å². The van der Waals surface area contributed by atoms with Crippen LogP contribution in [-0.4, -0.2) is 19.0 Å². The number of nitroso groups, excluding NO2 is 2. The van der Waals surface area contributed by atoms with Gasteiger partial charge in [0.2, 0.25) is 0 Å². The average Bonchev–Trinajstić information content (AvgIpc) is 3.10. The van der Waals surface area contributed by atoms with Crippen molar-refractivity contribution in [2.75, 3.05) is 18.0 Å². The van der Waals surface area contributed by atoms with Crippen LogP contribution in [0.15, 0.2) is 22.5 Å². The van der Waals surface area contributed by atoms with Crippen molar-refractivity contribution in [1.82, 2.24) is 0 Å². The lowest BCUT2D eigenvalue weighted by Crippen LogP contribution is -2.11. The third-order valence-corrected chi connectivity index (χ3v) is 2.34. The van der Waals surface area contributed by atoms with Crippen molar-refractivity contribution < 1.29 is 4.79 Å². The summed E-state index contributed by atoms with van der Waals surface area (Å²) in [5.41, 5.74) is 5.56. The van der Waals surface area contributed by atoms with E-state index in [0.29, 0.717) is 5.69 Å². The van der Waals surface area contributed by atoms with Gasteiger partial charge in [0.1, 0.15) is 11.4 Å². The minimum atomic E-state index is -0.754. The van der Waals surface area contributed by atoms with Gasteiger partial charge in [-0.15, -0.1) is 9.81 Å². The van der Waals surface area contributed by atoms with Gasteiger partial charge in [0.05, 0.1) is 11.3 Å². The Morgan fingerprint density at radius 2 is 1.81 bits per heavy atom. The van der Waals surface area contributed by atoms with E-state index in [-0.39, 0.29) is 16.9 Å². The molecule has 1 amide bonds. The molecule has 1 aromatic rings. The van der Waals surface area contributed by atoms with E-state index >= 15 is 0 Å². The highest BCUT2D eigenvalue weighted by Gasteiger charge is 2.24. The number of rotatable bonds is 4. The minimum Gasteiger partial charge on any atom is -0.366 e. The zero-order valence-corrected chi connectivity index (χ0v) is 8.21. The molecule has 1 aliphatic heterocycles. The molecule has 16 heavy (non-hydrogen) atoms. The summed E-state index contributed by atoms with van der Waals surface area (Å²) in [6.07, 6.45) is 0. The van der Waals surface area contributed by atoms with Crippen LogP contribution in [0.4, 0.5) is 17.1 Å². The molecule has 2 rings (SSSR count). The van der Waals surface area contributed by atoms with Crippen LogP contribution in [0.5, 0.6) is 0 Å². The van der Waals surface area contributed by atoms with Gasteiger partial charge < -0.3 is 10.6 Å². The van der Waals surface area contributed by atoms with E-state index in [9.17, 15) is 14.6 Å². The quantitative estimate of drug-likeness (QED) is 0.611. The van der Waals surface area contributed by atoms with Crippen molar-refractivity contribution in [3.8, 4) is 0 Å². The molecule has 0 bridgehead atoms. The lowest BCUT2D eigenvalue weighted by atomic mass is 10.1. The predicted molar refractivity (Wildman–Crippen MR) is 58.1 cm³/mol. The van der Waals surface area contributed by atoms with Crippen molar-refractivity contribution >= 4 is 23.0 Å². The first kappa shape index (κ1) is 10.2. The maximum absolute atomic E-state index is 11.1. The maximum Gasteiger partial charge on any atom is 0.251 e. The second-order valence-corrected chi connectivity index (χ2v) is 3.39. The van der Waals surface area contributed by atoms with E-state index in [1.165, 1.54) is 12.1 Å². The van der Waals surface area contributed by atoms with E-state index in [1.807, 2.05) is 4.90 Å². The van der Waals surface area contributed by atoms with E-state index in [4.69, 9.17) is 5.73 Å². The summed E-state index contributed by atoms with van der Waals surface area (Å²) in [5.74, 6) is -0.754. The Morgan fingerprint density at radius 1 is 1.19 bits per heavy atom. The molecule has 1 aromatic carbocycles. The van der Waals surface area contributed by atoms with Crippen molar-refractivity contribution in [2.24, 2.45) is 16.1 Å². The molecule has 0 atom stereocenters. The lowest BCUT2D eigenvalue weighted by molar-refractivity contribution is 0.100. The second-order valence-electron chi connectivity index (χ2n) is 3.39. The lowest BCUT2D eigenvalue weighted by Gasteiger charge is -2.07. The first-order valence-corrected chi connectivity index (χ1v) is 4.57. The van der Waals surface area contributed by atoms with Gasteiger partial charge in [0.15, 0.2) is 0 Å². The highest BCUT2D eigenvalue weighted by Crippen LogP contribution is 2.37. The van der Waals surface area contributed by atoms with E-state index in [0.717, 1.165) is 13.1 Å². The topological polar surface area (TPSA) is 105 Å². The number of carbonyl (C=O) groups is 1. The van der Waals surface area contributed by atoms with Crippen LogP contribution in [0.3, 0.4) is 0 Å². The molecule has 1 heterocycles. The summed E-state index contributed by atoms with van der Waals surface area (Å²) in [4.78, 5) is 34.0. The highest BCUT2D eigenvalue weighted by atomic mass is 16.3. The summed E-state index contributed by atoms with van der Waals surface area (Å²) in [6.45, 7) is 1.57. The molecular weight excluding hydrogens is 212 g/mol. The fraction of sp³-hybridized carbons (Fsp3) is 0.222. The Hall–Kier alpha value is -2.31. The Kier molecular flexibility index (Phi) is 2.35. The van der Waals surface area contributed by atoms with Crippen LogP contribution in [0.1, 0.15) is 10.4 Å². The monoisotopic (exact) mass is 220 g/mol. The molecule has 0 unspecified atom stereocenters. The normalized spacial score (nSPS) is 13.4. The molecule has 0 spiro atoms. The molecule has 7 nitrogen and oxygen atoms in total. The summed E-state index contributed by atoms with van der Waals surface area (Å²) in [6, 6.07) is 2.55. The molecule has 2 N–H and O–H groups in total. The van der Waals surface area contributed by atoms with Gasteiger partial charge in [-0.2, -0.15) is 0 Å². The molecule has 0 saturated carbocycles. The summed E-state index contributed by atoms with van der Waals surface area (Å²) in [5, 5.41) is 5.45. The van der Waals surface area contributed by atoms with Crippen LogP contribution < -0.4 is 10.6 Å². The van der Waals surface area contributed by atoms with Gasteiger partial charge in [-0.3, -0.25) is 4.79 Å². The smallest absolute Gasteiger partial charge is 0.251 e. The molecule has 1 saturated heterocycles. The van der Waals surface area contributed by atoms with Gasteiger partial charge in [-0.05, 0) is 22.5 Å². The van der Waals surface area contributed by atoms with Crippen LogP contribution in [-0.2, 0) is 0 Å². The van der Waals surface area contributed by atoms with E-state index < -0.39 is 5.91 Å². The summed E-state index contributed by atoms with van der Waals surface area (Å²) >= 11 is 0. The van der Waals surface area contributed by atoms with Gasteiger partial charge in [0, 0.05) is 13.1 Å². The molecule has 82 valence electrons. The van der Waals surface area contributed by atoms with Crippen LogP contribution in [0.25, 0.3) is 0 Å². The number of primary amides is 1. The number of nitrogens with zero attached hydrogens (tertiary/aromatic N) is 3. The van der Waals surface area contributed by atoms with Gasteiger partial charge in [-0.1, -0.05) is 0 Å². The largest absolute Gasteiger partial charge is 0.366 e. The summed E-state index contributed by atoms with van der Waals surface area (Å²) < 4.78 is 0. The second kappa shape index (κ2) is 3.69. The van der Waals surface area contributed by atoms with Gasteiger partial charge in [0.25, 0.3) is 5.91 Å². The fourth-order valence-electron chi connectivity index (χ4n) is 1.46. The van der Waals surface area contributed by atoms with Crippen molar-refractivity contribution in [3.63, 3.8) is 0 Å². The fourth-order valence-corrected chi connectivity index (χ4v) is 1.46. The first-order chi connectivity index (χ1) is 7.67. The molecule has 0 aromatic heterocycles. The van der Waals surface area contributed by atoms with Gasteiger partial charge >= 0.3 is 0 Å². The van der Waals surface area contributed by atoms with E-state index in [1.54, 1.807) is 0 Å². The van der Waals surface area contributed by atoms with Crippen molar-refractivity contribution in [1.29, 1.82) is 0 Å². The Morgan fingerprint density at radius 3 is 2.25 bits per heavy atom. The predicted octanol–water partition coefficient (Wildman–Crippen LogP) is 1.40. The third kappa shape index (κ3) is 1.62. The van der Waals surface area contributed by atoms with Gasteiger partial charge in [-0.25, -0.2) is 0 Å². The molecule has 0 radical (unpaired) electrons. The first-order valence-electron chi connectivity index (χ1n) is 4.57. The number of nitrogens with two attached hydrogens (primary N) is 1. The molecule has 1 aliphatic rings. The van der Waals surface area contributed by atoms with Crippen LogP contribution in [0, 0.1) is 9.81 Å². The van der Waals surface area contributed by atoms with E-state index in [2.05, 4.69) is 10.4 Å². The Bertz CT molecular complexity index is 482. The van der Waals surface area contributed by atoms with Crippen LogP contribution >= 0.6 is 0 Å². The maximum atomic E-state index is 11.1. The number of benzene rings is 1. The number of carbonyl (C=O) groups excluding carboxylic acids is 1. The molecule has 1 fully saturated rings. The SMILES string of the molecule is NC(=O)c1cc(N2CC2)c(N=O)cc1N=O. The number of amides is 1. The minimum absolute atomic E-state index is 0.00398. The zero-order chi connectivity index (χ0) is 11.7. The molecule has 7 heteroatoms. The summed E-state index contributed by atoms with van der Waals surface area (Å²) in [7, 11) is 0. The van der Waals surface area contributed by atoms with Crippen molar-refractivity contribution in [3.05, 3.63) is 27.5 Å². The zero-order valence-electron chi connectivity index (χ0n) is 8.21. The highest BCUT2D eigenvalue weighted by molar-refractivity contribution is 6.00. The number of hydrogen-bond donors (Lipinski definition) is 1. The standard InChI is InChI=1S/C9H8N4O3/c10-9(14)5-3-8(13-1-2-13)7(12-16)4-6(5)11-15/h3-4H,1-2H2,(H2,10,14).